The third-order valence-electron chi connectivity index (χ3n) is 15.9. The Kier molecular flexibility index (Phi) is 9.24. The summed E-state index contributed by atoms with van der Waals surface area (Å²) < 4.78 is 14.1. The molecule has 0 amide bonds. The lowest BCUT2D eigenvalue weighted by Gasteiger charge is -2.26. The molecule has 0 radical (unpaired) electrons. The minimum absolute atomic E-state index is 0. The minimum Gasteiger partial charge on any atom is -0.317 e. The van der Waals surface area contributed by atoms with Gasteiger partial charge in [0.25, 0.3) is 0 Å². The first kappa shape index (κ1) is 43.8. The third kappa shape index (κ3) is 5.73. The van der Waals surface area contributed by atoms with E-state index < -0.39 is 0 Å². The van der Waals surface area contributed by atoms with Crippen molar-refractivity contribution in [3.8, 4) is 34.3 Å². The van der Waals surface area contributed by atoms with Gasteiger partial charge in [-0.05, 0) is 42.0 Å². The van der Waals surface area contributed by atoms with Crippen molar-refractivity contribution >= 4 is 166 Å². The summed E-state index contributed by atoms with van der Waals surface area (Å²) in [7, 11) is 0. The maximum absolute atomic E-state index is 12.6. The van der Waals surface area contributed by atoms with Gasteiger partial charge < -0.3 is 13.7 Å². The highest BCUT2D eigenvalue weighted by Crippen LogP contribution is 2.55. The van der Waals surface area contributed by atoms with Crippen LogP contribution in [0.1, 0.15) is 13.0 Å². The van der Waals surface area contributed by atoms with Gasteiger partial charge in [0.05, 0.1) is 76.4 Å². The fraction of sp³-hybridized carbons (Fsp3) is 0.0145. The second-order valence-corrected chi connectivity index (χ2v) is 22.8. The first-order valence-corrected chi connectivity index (χ1v) is 27.7. The average molecular weight is 1030 g/mol. The van der Waals surface area contributed by atoms with Gasteiger partial charge >= 0.3 is 0 Å². The number of aromatic nitrogens is 3. The van der Waals surface area contributed by atoms with Crippen molar-refractivity contribution in [1.82, 2.24) is 13.7 Å². The SMILES string of the molecule is C.[C-]#[N+]c1c(-n2c3ccccc3c3ccc4c5ccccc5sc4c32)c(C#N)c(-n2c3ccccc3c3ccc4c5ccccc5sc4c32)c(-c2ccccc2)c1-n1c2ccccc2c2ccc3c4ccccc4sc3c21. The number of nitriles is 1. The first-order valence-electron chi connectivity index (χ1n) is 25.3. The summed E-state index contributed by atoms with van der Waals surface area (Å²) in [4.78, 5) is 4.83. The number of rotatable bonds is 4. The molecule has 5 nitrogen and oxygen atoms in total. The lowest BCUT2D eigenvalue weighted by Crippen LogP contribution is -2.11. The van der Waals surface area contributed by atoms with Crippen molar-refractivity contribution in [3.05, 3.63) is 229 Å². The second-order valence-electron chi connectivity index (χ2n) is 19.6. The number of hydrogen-bond donors (Lipinski definition) is 0. The Bertz CT molecular complexity index is 5280. The molecule has 17 rings (SSSR count). The van der Waals surface area contributed by atoms with E-state index in [1.54, 1.807) is 34.0 Å². The smallest absolute Gasteiger partial charge is 0.236 e. The van der Waals surface area contributed by atoms with E-state index in [2.05, 4.69) is 232 Å². The summed E-state index contributed by atoms with van der Waals surface area (Å²) in [5, 5.41) is 26.2. The highest BCUT2D eigenvalue weighted by Gasteiger charge is 2.34. The van der Waals surface area contributed by atoms with Gasteiger partial charge in [0.1, 0.15) is 6.07 Å². The van der Waals surface area contributed by atoms with Gasteiger partial charge in [-0.2, -0.15) is 5.26 Å². The molecule has 6 aromatic heterocycles. The van der Waals surface area contributed by atoms with Crippen LogP contribution in [0.4, 0.5) is 5.69 Å². The number of thiophene rings is 3. The van der Waals surface area contributed by atoms with Crippen LogP contribution in [-0.2, 0) is 0 Å². The van der Waals surface area contributed by atoms with Crippen LogP contribution in [0.15, 0.2) is 212 Å². The Hall–Kier alpha value is -9.54. The van der Waals surface area contributed by atoms with Gasteiger partial charge in [-0.15, -0.1) is 34.0 Å². The van der Waals surface area contributed by atoms with Gasteiger partial charge in [-0.1, -0.05) is 183 Å². The molecule has 0 bridgehead atoms. The first-order chi connectivity index (χ1) is 37.7. The maximum Gasteiger partial charge on any atom is 0.236 e. The zero-order chi connectivity index (χ0) is 49.9. The summed E-state index contributed by atoms with van der Waals surface area (Å²) in [6.07, 6.45) is 0. The van der Waals surface area contributed by atoms with E-state index in [0.29, 0.717) is 16.9 Å². The molecule has 0 atom stereocenters. The van der Waals surface area contributed by atoms with E-state index in [4.69, 9.17) is 4.85 Å². The van der Waals surface area contributed by atoms with Crippen molar-refractivity contribution in [2.45, 2.75) is 7.43 Å². The molecule has 358 valence electrons. The Morgan fingerprint density at radius 3 is 1.09 bits per heavy atom. The van der Waals surface area contributed by atoms with Crippen molar-refractivity contribution in [1.29, 1.82) is 5.26 Å². The van der Waals surface area contributed by atoms with E-state index in [-0.39, 0.29) is 7.43 Å². The van der Waals surface area contributed by atoms with Crippen LogP contribution in [-0.4, -0.2) is 13.7 Å². The van der Waals surface area contributed by atoms with Gasteiger partial charge in [0.15, 0.2) is 0 Å². The molecule has 0 fully saturated rings. The molecule has 11 aromatic carbocycles. The molecule has 0 aliphatic rings. The molecule has 8 heteroatoms. The van der Waals surface area contributed by atoms with Gasteiger partial charge in [0, 0.05) is 84.3 Å². The monoisotopic (exact) mass is 1030 g/mol. The molecule has 0 N–H and O–H groups in total. The fourth-order valence-electron chi connectivity index (χ4n) is 12.8. The standard InChI is InChI=1S/C68H35N5S3.CH4/c1-70-59-61(72-53-26-12-6-20-40(53)46-32-35-49-43-23-9-15-29-56(43)75-67(49)63(46)72)51(37-69)60(71-52-25-11-5-19-39(52)45-31-34-48-42-22-8-14-28-55(42)74-66(48)62(45)71)58(38-17-3-2-4-18-38)65(59)73-54-27-13-7-21-41(54)47-33-36-50-44-24-10-16-30-57(44)76-68(50)64(47)73;/h2-36H;1H4. The van der Waals surface area contributed by atoms with Crippen LogP contribution in [0.3, 0.4) is 0 Å². The summed E-state index contributed by atoms with van der Waals surface area (Å²) >= 11 is 5.37. The van der Waals surface area contributed by atoms with E-state index in [9.17, 15) is 11.8 Å². The summed E-state index contributed by atoms with van der Waals surface area (Å²) in [5.41, 5.74) is 10.5. The molecule has 0 unspecified atom stereocenters. The van der Waals surface area contributed by atoms with E-state index in [0.717, 1.165) is 107 Å². The predicted octanol–water partition coefficient (Wildman–Crippen LogP) is 20.8. The molecule has 0 aliphatic heterocycles. The third-order valence-corrected chi connectivity index (χ3v) is 19.5. The van der Waals surface area contributed by atoms with Gasteiger partial charge in [-0.25, -0.2) is 4.85 Å². The minimum atomic E-state index is 0. The van der Waals surface area contributed by atoms with Crippen molar-refractivity contribution in [2.24, 2.45) is 0 Å². The maximum atomic E-state index is 12.6. The molecule has 0 spiro atoms. The van der Waals surface area contributed by atoms with Gasteiger partial charge in [0.2, 0.25) is 5.69 Å². The zero-order valence-electron chi connectivity index (χ0n) is 40.2. The molecular formula is C69H39N5S3. The molecule has 0 aliphatic carbocycles. The van der Waals surface area contributed by atoms with Crippen LogP contribution in [0.2, 0.25) is 0 Å². The largest absolute Gasteiger partial charge is 0.317 e. The van der Waals surface area contributed by atoms with Crippen LogP contribution in [0.25, 0.3) is 159 Å². The summed E-state index contributed by atoms with van der Waals surface area (Å²) in [5.74, 6) is 0. The summed E-state index contributed by atoms with van der Waals surface area (Å²) in [6.45, 7) is 9.86. The predicted molar refractivity (Wildman–Crippen MR) is 331 cm³/mol. The van der Waals surface area contributed by atoms with Crippen LogP contribution >= 0.6 is 34.0 Å². The van der Waals surface area contributed by atoms with Crippen molar-refractivity contribution < 1.29 is 0 Å². The Morgan fingerprint density at radius 1 is 0.351 bits per heavy atom. The number of nitrogens with zero attached hydrogens (tertiary/aromatic N) is 5. The lowest BCUT2D eigenvalue weighted by atomic mass is 9.93. The van der Waals surface area contributed by atoms with Crippen LogP contribution in [0.5, 0.6) is 0 Å². The highest BCUT2D eigenvalue weighted by molar-refractivity contribution is 7.27. The Morgan fingerprint density at radius 2 is 0.688 bits per heavy atom. The quantitative estimate of drug-likeness (QED) is 0.162. The number of hydrogen-bond acceptors (Lipinski definition) is 4. The normalized spacial score (nSPS) is 12.0. The fourth-order valence-corrected chi connectivity index (χ4v) is 16.6. The van der Waals surface area contributed by atoms with E-state index >= 15 is 0 Å². The van der Waals surface area contributed by atoms with Crippen molar-refractivity contribution in [3.63, 3.8) is 0 Å². The number of benzene rings is 11. The van der Waals surface area contributed by atoms with Crippen LogP contribution < -0.4 is 0 Å². The number of para-hydroxylation sites is 3. The number of fused-ring (bicyclic) bond motifs is 21. The van der Waals surface area contributed by atoms with E-state index in [1.165, 1.54) is 41.0 Å². The van der Waals surface area contributed by atoms with Crippen molar-refractivity contribution in [2.75, 3.05) is 0 Å². The highest BCUT2D eigenvalue weighted by atomic mass is 32.1. The van der Waals surface area contributed by atoms with Gasteiger partial charge in [-0.3, -0.25) is 0 Å². The second kappa shape index (κ2) is 16.2. The van der Waals surface area contributed by atoms with E-state index in [1.807, 2.05) is 0 Å². The molecule has 6 heterocycles. The molecule has 17 aromatic rings. The van der Waals surface area contributed by atoms with Crippen LogP contribution in [0, 0.1) is 17.9 Å². The Balaban J connectivity index is 0.00000498. The lowest BCUT2D eigenvalue weighted by molar-refractivity contribution is 1.10. The molecule has 0 saturated carbocycles. The summed E-state index contributed by atoms with van der Waals surface area (Å²) in [6, 6.07) is 78.9. The topological polar surface area (TPSA) is 42.9 Å². The molecular weight excluding hydrogens is 995 g/mol. The molecule has 0 saturated heterocycles. The zero-order valence-corrected chi connectivity index (χ0v) is 42.6. The Labute approximate surface area is 452 Å². The molecule has 77 heavy (non-hydrogen) atoms. The average Bonchev–Trinajstić information content (AvgIpc) is 4.49.